The highest BCUT2D eigenvalue weighted by molar-refractivity contribution is 5.90. The summed E-state index contributed by atoms with van der Waals surface area (Å²) in [4.78, 5) is 25.5. The van der Waals surface area contributed by atoms with Crippen LogP contribution in [0, 0.1) is 29.6 Å². The van der Waals surface area contributed by atoms with E-state index in [0.717, 1.165) is 5.57 Å². The molecule has 1 saturated heterocycles. The van der Waals surface area contributed by atoms with Crippen molar-refractivity contribution in [3.8, 4) is 0 Å². The van der Waals surface area contributed by atoms with E-state index in [9.17, 15) is 14.7 Å². The Morgan fingerprint density at radius 1 is 1.26 bits per heavy atom. The SMILES string of the molecule is CO[C@H]1C[C@H]2C=C[C@H]3[C@H]4O[C@]2(/C(C)=C/[C@@H](C)COC1=O)[C@@H]3[C@H](O)[C@@H](C)[C@H]4OC(=O)C1=CC=CC1. The number of cyclic esters (lactones) is 1. The number of esters is 2. The van der Waals surface area contributed by atoms with Gasteiger partial charge in [-0.2, -0.15) is 0 Å². The summed E-state index contributed by atoms with van der Waals surface area (Å²) in [5, 5.41) is 11.6. The molecule has 0 unspecified atom stereocenters. The summed E-state index contributed by atoms with van der Waals surface area (Å²) in [6.07, 6.45) is 10.3. The van der Waals surface area contributed by atoms with Crippen LogP contribution in [0.3, 0.4) is 0 Å². The third kappa shape index (κ3) is 3.51. The van der Waals surface area contributed by atoms with Crippen molar-refractivity contribution in [2.24, 2.45) is 29.6 Å². The molecule has 34 heavy (non-hydrogen) atoms. The third-order valence-electron chi connectivity index (χ3n) is 8.42. The molecule has 2 heterocycles. The number of carbonyl (C=O) groups is 2. The number of aliphatic hydroxyl groups excluding tert-OH is 1. The number of hydrogen-bond donors (Lipinski definition) is 1. The summed E-state index contributed by atoms with van der Waals surface area (Å²) in [7, 11) is 1.51. The Balaban J connectivity index is 1.54. The lowest BCUT2D eigenvalue weighted by Crippen LogP contribution is -2.57. The maximum Gasteiger partial charge on any atom is 0.335 e. The minimum atomic E-state index is -0.810. The molecule has 1 spiro atoms. The normalized spacial score (nSPS) is 46.7. The molecule has 0 aromatic rings. The summed E-state index contributed by atoms with van der Waals surface area (Å²) >= 11 is 0. The van der Waals surface area contributed by atoms with E-state index in [-0.39, 0.29) is 54.2 Å². The van der Waals surface area contributed by atoms with Gasteiger partial charge in [-0.15, -0.1) is 0 Å². The minimum absolute atomic E-state index is 0.0204. The molecule has 10 atom stereocenters. The van der Waals surface area contributed by atoms with Gasteiger partial charge in [0.05, 0.1) is 12.7 Å². The van der Waals surface area contributed by atoms with E-state index >= 15 is 0 Å². The van der Waals surface area contributed by atoms with Crippen LogP contribution in [0.1, 0.15) is 33.6 Å². The summed E-state index contributed by atoms with van der Waals surface area (Å²) in [5.74, 6) is -1.55. The zero-order valence-electron chi connectivity index (χ0n) is 20.2. The second-order valence-corrected chi connectivity index (χ2v) is 10.4. The minimum Gasteiger partial charge on any atom is -0.463 e. The molecule has 0 aromatic carbocycles. The topological polar surface area (TPSA) is 91.3 Å². The van der Waals surface area contributed by atoms with E-state index in [0.29, 0.717) is 18.4 Å². The molecule has 0 aromatic heterocycles. The van der Waals surface area contributed by atoms with Crippen molar-refractivity contribution in [2.75, 3.05) is 13.7 Å². The van der Waals surface area contributed by atoms with Gasteiger partial charge >= 0.3 is 11.9 Å². The zero-order valence-corrected chi connectivity index (χ0v) is 20.2. The molecule has 5 aliphatic rings. The molecule has 2 fully saturated rings. The summed E-state index contributed by atoms with van der Waals surface area (Å²) in [5.41, 5.74) is 0.817. The van der Waals surface area contributed by atoms with Crippen LogP contribution >= 0.6 is 0 Å². The zero-order chi connectivity index (χ0) is 24.2. The van der Waals surface area contributed by atoms with Gasteiger partial charge < -0.3 is 24.1 Å². The van der Waals surface area contributed by atoms with Gasteiger partial charge in [0.1, 0.15) is 17.8 Å². The molecular formula is C27H34O7. The van der Waals surface area contributed by atoms with Crippen molar-refractivity contribution < 1.29 is 33.6 Å². The molecule has 5 rings (SSSR count). The summed E-state index contributed by atoms with van der Waals surface area (Å²) in [6.45, 7) is 6.22. The molecule has 2 aliphatic heterocycles. The Bertz CT molecular complexity index is 977. The Morgan fingerprint density at radius 2 is 2.06 bits per heavy atom. The van der Waals surface area contributed by atoms with Gasteiger partial charge in [-0.1, -0.05) is 50.3 Å². The van der Waals surface area contributed by atoms with Gasteiger partial charge in [0.2, 0.25) is 0 Å². The number of allylic oxidation sites excluding steroid dienone is 3. The fraction of sp³-hybridized carbons (Fsp3) is 0.630. The standard InChI is InChI=1S/C27H34O7/c1-14-11-15(2)27-18(12-20(31-4)26(30)32-13-14)9-10-19-21(27)22(28)16(3)23(24(19)34-27)33-25(29)17-7-5-6-8-17/h5-7,9-11,14,16,18-24,28H,8,12-13H2,1-4H3/b15-11+/t14-,16-,18-,19-,20+,21+,22-,23-,24-,27+/m1/s1. The molecule has 7 nitrogen and oxygen atoms in total. The first-order chi connectivity index (χ1) is 16.3. The number of aliphatic hydroxyl groups is 1. The molecule has 0 amide bonds. The average Bonchev–Trinajstić information content (AvgIpc) is 3.41. The van der Waals surface area contributed by atoms with Crippen LogP contribution in [0.15, 0.2) is 47.6 Å². The van der Waals surface area contributed by atoms with Crippen LogP contribution in [0.25, 0.3) is 0 Å². The number of rotatable bonds is 3. The van der Waals surface area contributed by atoms with Crippen LogP contribution in [-0.2, 0) is 28.5 Å². The quantitative estimate of drug-likeness (QED) is 0.501. The van der Waals surface area contributed by atoms with Crippen molar-refractivity contribution >= 4 is 11.9 Å². The summed E-state index contributed by atoms with van der Waals surface area (Å²) in [6, 6.07) is 0. The van der Waals surface area contributed by atoms with E-state index in [2.05, 4.69) is 18.2 Å². The summed E-state index contributed by atoms with van der Waals surface area (Å²) < 4.78 is 23.9. The van der Waals surface area contributed by atoms with Crippen LogP contribution in [0.2, 0.25) is 0 Å². The Labute approximate surface area is 200 Å². The maximum atomic E-state index is 12.9. The predicted octanol–water partition coefficient (Wildman–Crippen LogP) is 2.90. The highest BCUT2D eigenvalue weighted by Crippen LogP contribution is 2.61. The van der Waals surface area contributed by atoms with Crippen molar-refractivity contribution in [3.63, 3.8) is 0 Å². The van der Waals surface area contributed by atoms with E-state index in [4.69, 9.17) is 18.9 Å². The molecule has 1 saturated carbocycles. The van der Waals surface area contributed by atoms with E-state index in [1.54, 1.807) is 6.08 Å². The van der Waals surface area contributed by atoms with Crippen LogP contribution in [0.5, 0.6) is 0 Å². The number of carbonyl (C=O) groups excluding carboxylic acids is 2. The largest absolute Gasteiger partial charge is 0.463 e. The fourth-order valence-corrected chi connectivity index (χ4v) is 6.73. The predicted molar refractivity (Wildman–Crippen MR) is 123 cm³/mol. The molecular weight excluding hydrogens is 436 g/mol. The molecule has 1 N–H and O–H groups in total. The second kappa shape index (κ2) is 8.77. The number of methoxy groups -OCH3 is 1. The third-order valence-corrected chi connectivity index (χ3v) is 8.42. The molecule has 0 radical (unpaired) electrons. The number of ether oxygens (including phenoxy) is 4. The monoisotopic (exact) mass is 470 g/mol. The van der Waals surface area contributed by atoms with Crippen molar-refractivity contribution in [2.45, 2.75) is 63.6 Å². The van der Waals surface area contributed by atoms with Crippen LogP contribution < -0.4 is 0 Å². The second-order valence-electron chi connectivity index (χ2n) is 10.4. The van der Waals surface area contributed by atoms with Crippen molar-refractivity contribution in [1.29, 1.82) is 0 Å². The van der Waals surface area contributed by atoms with Crippen LogP contribution in [0.4, 0.5) is 0 Å². The smallest absolute Gasteiger partial charge is 0.335 e. The van der Waals surface area contributed by atoms with Crippen LogP contribution in [-0.4, -0.2) is 60.8 Å². The van der Waals surface area contributed by atoms with Crippen molar-refractivity contribution in [3.05, 3.63) is 47.6 Å². The average molecular weight is 471 g/mol. The molecule has 3 aliphatic carbocycles. The first-order valence-corrected chi connectivity index (χ1v) is 12.3. The van der Waals surface area contributed by atoms with Gasteiger partial charge in [-0.3, -0.25) is 0 Å². The van der Waals surface area contributed by atoms with Crippen molar-refractivity contribution in [1.82, 2.24) is 0 Å². The van der Waals surface area contributed by atoms with E-state index in [1.165, 1.54) is 7.11 Å². The fourth-order valence-electron chi connectivity index (χ4n) is 6.73. The highest BCUT2D eigenvalue weighted by Gasteiger charge is 2.69. The van der Waals surface area contributed by atoms with Gasteiger partial charge in [0, 0.05) is 42.3 Å². The molecule has 184 valence electrons. The lowest BCUT2D eigenvalue weighted by Gasteiger charge is -2.48. The Morgan fingerprint density at radius 3 is 2.76 bits per heavy atom. The first-order valence-electron chi connectivity index (χ1n) is 12.3. The van der Waals surface area contributed by atoms with Gasteiger partial charge in [0.15, 0.2) is 6.10 Å². The van der Waals surface area contributed by atoms with E-state index < -0.39 is 23.9 Å². The molecule has 7 heteroatoms. The number of hydrogen-bond acceptors (Lipinski definition) is 7. The maximum absolute atomic E-state index is 12.9. The lowest BCUT2D eigenvalue weighted by molar-refractivity contribution is -0.166. The molecule has 4 bridgehead atoms. The van der Waals surface area contributed by atoms with E-state index in [1.807, 2.05) is 32.9 Å². The van der Waals surface area contributed by atoms with Gasteiger partial charge in [0.25, 0.3) is 0 Å². The highest BCUT2D eigenvalue weighted by atomic mass is 16.6. The Kier molecular flexibility index (Phi) is 6.07. The lowest BCUT2D eigenvalue weighted by atomic mass is 9.57. The Hall–Kier alpha value is -2.22. The first kappa shape index (κ1) is 23.5. The van der Waals surface area contributed by atoms with Gasteiger partial charge in [-0.05, 0) is 25.3 Å². The van der Waals surface area contributed by atoms with Gasteiger partial charge in [-0.25, -0.2) is 9.59 Å².